The summed E-state index contributed by atoms with van der Waals surface area (Å²) >= 11 is 6.40. The number of rotatable bonds is 4. The van der Waals surface area contributed by atoms with Crippen LogP contribution in [0.15, 0.2) is 53.2 Å². The lowest BCUT2D eigenvalue weighted by Crippen LogP contribution is -1.97. The lowest BCUT2D eigenvalue weighted by atomic mass is 10.1. The maximum atomic E-state index is 9.13. The van der Waals surface area contributed by atoms with E-state index >= 15 is 0 Å². The van der Waals surface area contributed by atoms with E-state index in [1.165, 1.54) is 0 Å². The molecule has 0 unspecified atom stereocenters. The Kier molecular flexibility index (Phi) is 4.26. The molecule has 1 N–H and O–H groups in total. The molecule has 0 fully saturated rings. The van der Waals surface area contributed by atoms with E-state index in [-0.39, 0.29) is 6.61 Å². The van der Waals surface area contributed by atoms with Gasteiger partial charge >= 0.3 is 0 Å². The number of aliphatic hydroxyl groups is 1. The third-order valence-electron chi connectivity index (χ3n) is 4.41. The summed E-state index contributed by atoms with van der Waals surface area (Å²) in [7, 11) is 0. The van der Waals surface area contributed by atoms with Gasteiger partial charge in [0.1, 0.15) is 0 Å². The molecular weight excluding hydrogens is 350 g/mol. The van der Waals surface area contributed by atoms with Crippen molar-refractivity contribution in [2.24, 2.45) is 0 Å². The molecular formula is C20H18ClN3O2. The van der Waals surface area contributed by atoms with Crippen molar-refractivity contribution in [3.8, 4) is 22.8 Å². The molecule has 5 nitrogen and oxygen atoms in total. The highest BCUT2D eigenvalue weighted by Gasteiger charge is 2.14. The number of aromatic nitrogens is 3. The van der Waals surface area contributed by atoms with Gasteiger partial charge in [-0.2, -0.15) is 4.98 Å². The van der Waals surface area contributed by atoms with Crippen LogP contribution in [0.1, 0.15) is 25.5 Å². The van der Waals surface area contributed by atoms with Gasteiger partial charge in [0.05, 0.1) is 11.6 Å². The van der Waals surface area contributed by atoms with Gasteiger partial charge in [-0.25, -0.2) is 0 Å². The average molecular weight is 368 g/mol. The fraction of sp³-hybridized carbons (Fsp3) is 0.200. The van der Waals surface area contributed by atoms with Crippen LogP contribution in [0.25, 0.3) is 33.7 Å². The maximum absolute atomic E-state index is 9.13. The van der Waals surface area contributed by atoms with E-state index in [9.17, 15) is 0 Å². The van der Waals surface area contributed by atoms with Crippen molar-refractivity contribution in [1.82, 2.24) is 14.7 Å². The van der Waals surface area contributed by atoms with Crippen molar-refractivity contribution in [1.29, 1.82) is 0 Å². The lowest BCUT2D eigenvalue weighted by Gasteiger charge is -2.08. The quantitative estimate of drug-likeness (QED) is 0.546. The molecule has 0 saturated carbocycles. The van der Waals surface area contributed by atoms with Crippen LogP contribution in [-0.4, -0.2) is 19.8 Å². The van der Waals surface area contributed by atoms with E-state index < -0.39 is 0 Å². The van der Waals surface area contributed by atoms with Crippen molar-refractivity contribution in [2.75, 3.05) is 0 Å². The van der Waals surface area contributed by atoms with Gasteiger partial charge in [0.25, 0.3) is 5.89 Å². The van der Waals surface area contributed by atoms with E-state index in [4.69, 9.17) is 21.2 Å². The molecule has 2 aromatic carbocycles. The zero-order chi connectivity index (χ0) is 18.3. The molecule has 0 aliphatic carbocycles. The molecule has 0 aliphatic heterocycles. The number of nitrogens with zero attached hydrogens (tertiary/aromatic N) is 3. The van der Waals surface area contributed by atoms with Crippen LogP contribution in [0.3, 0.4) is 0 Å². The largest absolute Gasteiger partial charge is 0.392 e. The minimum Gasteiger partial charge on any atom is -0.392 e. The fourth-order valence-corrected chi connectivity index (χ4v) is 3.25. The first-order valence-electron chi connectivity index (χ1n) is 8.41. The van der Waals surface area contributed by atoms with Gasteiger partial charge < -0.3 is 14.2 Å². The maximum Gasteiger partial charge on any atom is 0.258 e. The first-order chi connectivity index (χ1) is 12.6. The molecule has 0 atom stereocenters. The van der Waals surface area contributed by atoms with Gasteiger partial charge in [-0.3, -0.25) is 0 Å². The number of halogens is 1. The molecule has 0 bridgehead atoms. The van der Waals surface area contributed by atoms with Crippen LogP contribution in [0.5, 0.6) is 0 Å². The first kappa shape index (κ1) is 16.8. The Bertz CT molecular complexity index is 1060. The molecule has 0 amide bonds. The molecule has 6 heteroatoms. The van der Waals surface area contributed by atoms with E-state index in [0.29, 0.717) is 22.8 Å². The lowest BCUT2D eigenvalue weighted by molar-refractivity contribution is 0.282. The summed E-state index contributed by atoms with van der Waals surface area (Å²) in [6.07, 6.45) is 1.95. The summed E-state index contributed by atoms with van der Waals surface area (Å²) in [4.78, 5) is 4.49. The molecule has 132 valence electrons. The molecule has 4 aromatic rings. The topological polar surface area (TPSA) is 64.1 Å². The second-order valence-corrected chi connectivity index (χ2v) is 6.90. The highest BCUT2D eigenvalue weighted by Crippen LogP contribution is 2.32. The number of fused-ring (bicyclic) bond motifs is 1. The summed E-state index contributed by atoms with van der Waals surface area (Å²) < 4.78 is 7.59. The Balaban J connectivity index is 1.72. The van der Waals surface area contributed by atoms with Crippen LogP contribution in [0.4, 0.5) is 0 Å². The molecule has 0 radical (unpaired) electrons. The Labute approximate surface area is 155 Å². The normalized spacial score (nSPS) is 11.6. The van der Waals surface area contributed by atoms with Gasteiger partial charge in [0.2, 0.25) is 5.82 Å². The summed E-state index contributed by atoms with van der Waals surface area (Å²) in [5.41, 5.74) is 3.58. The van der Waals surface area contributed by atoms with Gasteiger partial charge in [-0.1, -0.05) is 41.0 Å². The van der Waals surface area contributed by atoms with Crippen molar-refractivity contribution in [2.45, 2.75) is 26.5 Å². The summed E-state index contributed by atoms with van der Waals surface area (Å²) in [6.45, 7) is 4.25. The SMILES string of the molecule is CC(C)n1cc(Cl)c2cc(-c3nc(-c4ccc(CO)cc4)no3)ccc21. The van der Waals surface area contributed by atoms with E-state index in [1.807, 2.05) is 48.7 Å². The molecule has 0 spiro atoms. The Morgan fingerprint density at radius 3 is 2.54 bits per heavy atom. The van der Waals surface area contributed by atoms with E-state index in [1.54, 1.807) is 0 Å². The third kappa shape index (κ3) is 2.89. The van der Waals surface area contributed by atoms with E-state index in [0.717, 1.165) is 27.6 Å². The van der Waals surface area contributed by atoms with Gasteiger partial charge in [-0.15, -0.1) is 0 Å². The molecule has 0 saturated heterocycles. The van der Waals surface area contributed by atoms with Gasteiger partial charge in [0.15, 0.2) is 0 Å². The standard InChI is InChI=1S/C20H18ClN3O2/c1-12(2)24-10-17(21)16-9-15(7-8-18(16)24)20-22-19(23-26-20)14-5-3-13(11-25)4-6-14/h3-10,12,25H,11H2,1-2H3. The number of benzene rings is 2. The summed E-state index contributed by atoms with van der Waals surface area (Å²) in [5, 5.41) is 14.9. The van der Waals surface area contributed by atoms with Gasteiger partial charge in [0, 0.05) is 34.3 Å². The minimum absolute atomic E-state index is 0.00850. The third-order valence-corrected chi connectivity index (χ3v) is 4.71. The van der Waals surface area contributed by atoms with Crippen molar-refractivity contribution < 1.29 is 9.63 Å². The van der Waals surface area contributed by atoms with Crippen molar-refractivity contribution in [3.63, 3.8) is 0 Å². The van der Waals surface area contributed by atoms with Crippen LogP contribution in [0.2, 0.25) is 5.02 Å². The van der Waals surface area contributed by atoms with Crippen LogP contribution >= 0.6 is 11.6 Å². The first-order valence-corrected chi connectivity index (χ1v) is 8.79. The molecule has 4 rings (SSSR count). The number of hydrogen-bond donors (Lipinski definition) is 1. The Morgan fingerprint density at radius 1 is 1.12 bits per heavy atom. The minimum atomic E-state index is 0.00850. The zero-order valence-electron chi connectivity index (χ0n) is 14.5. The number of aliphatic hydroxyl groups excluding tert-OH is 1. The predicted octanol–water partition coefficient (Wildman–Crippen LogP) is 5.08. The zero-order valence-corrected chi connectivity index (χ0v) is 15.2. The van der Waals surface area contributed by atoms with Crippen LogP contribution in [0, 0.1) is 0 Å². The van der Waals surface area contributed by atoms with Crippen LogP contribution < -0.4 is 0 Å². The van der Waals surface area contributed by atoms with E-state index in [2.05, 4.69) is 28.6 Å². The van der Waals surface area contributed by atoms with Crippen molar-refractivity contribution in [3.05, 3.63) is 59.2 Å². The van der Waals surface area contributed by atoms with Crippen LogP contribution in [-0.2, 0) is 6.61 Å². The average Bonchev–Trinajstić information content (AvgIpc) is 3.27. The van der Waals surface area contributed by atoms with Crippen molar-refractivity contribution >= 4 is 22.5 Å². The summed E-state index contributed by atoms with van der Waals surface area (Å²) in [5.74, 6) is 0.955. The monoisotopic (exact) mass is 367 g/mol. The smallest absolute Gasteiger partial charge is 0.258 e. The number of hydrogen-bond acceptors (Lipinski definition) is 4. The fourth-order valence-electron chi connectivity index (χ4n) is 2.99. The highest BCUT2D eigenvalue weighted by molar-refractivity contribution is 6.35. The molecule has 0 aliphatic rings. The molecule has 2 heterocycles. The second-order valence-electron chi connectivity index (χ2n) is 6.49. The summed E-state index contributed by atoms with van der Waals surface area (Å²) in [6, 6.07) is 13.7. The molecule has 26 heavy (non-hydrogen) atoms. The second kappa shape index (κ2) is 6.59. The van der Waals surface area contributed by atoms with Gasteiger partial charge in [-0.05, 0) is 37.6 Å². The predicted molar refractivity (Wildman–Crippen MR) is 102 cm³/mol. The highest BCUT2D eigenvalue weighted by atomic mass is 35.5. The Hall–Kier alpha value is -2.63. The molecule has 2 aromatic heterocycles. The Morgan fingerprint density at radius 2 is 1.85 bits per heavy atom.